The van der Waals surface area contributed by atoms with Crippen molar-refractivity contribution in [2.24, 2.45) is 0 Å². The lowest BCUT2D eigenvalue weighted by Crippen LogP contribution is -2.29. The predicted molar refractivity (Wildman–Crippen MR) is 72.1 cm³/mol. The van der Waals surface area contributed by atoms with Crippen molar-refractivity contribution in [1.29, 1.82) is 0 Å². The lowest BCUT2D eigenvalue weighted by atomic mass is 10.1. The third kappa shape index (κ3) is 2.56. The normalized spacial score (nSPS) is 14.6. The molecular weight excluding hydrogens is 268 g/mol. The Kier molecular flexibility index (Phi) is 3.38. The fourth-order valence-electron chi connectivity index (χ4n) is 2.36. The first-order valence-corrected chi connectivity index (χ1v) is 6.96. The molecule has 0 saturated heterocycles. The van der Waals surface area contributed by atoms with Gasteiger partial charge in [0.05, 0.1) is 12.2 Å². The number of hydrogen-bond acceptors (Lipinski definition) is 3. The maximum absolute atomic E-state index is 12.4. The van der Waals surface area contributed by atoms with Crippen LogP contribution in [0.4, 0.5) is 14.5 Å². The number of thiophene rings is 1. The predicted octanol–water partition coefficient (Wildman–Crippen LogP) is 3.91. The molecule has 2 heterocycles. The van der Waals surface area contributed by atoms with Crippen LogP contribution in [0, 0.1) is 0 Å². The highest BCUT2D eigenvalue weighted by atomic mass is 32.1. The second kappa shape index (κ2) is 5.17. The van der Waals surface area contributed by atoms with E-state index in [1.165, 1.54) is 10.4 Å². The summed E-state index contributed by atoms with van der Waals surface area (Å²) in [6, 6.07) is 9.11. The van der Waals surface area contributed by atoms with Crippen LogP contribution in [-0.4, -0.2) is 13.2 Å². The number of nitrogens with zero attached hydrogens (tertiary/aromatic N) is 1. The molecular formula is C14H13F2NOS. The van der Waals surface area contributed by atoms with Gasteiger partial charge in [0.15, 0.2) is 0 Å². The van der Waals surface area contributed by atoms with Gasteiger partial charge in [-0.05, 0) is 35.6 Å². The monoisotopic (exact) mass is 281 g/mol. The zero-order valence-corrected chi connectivity index (χ0v) is 11.0. The van der Waals surface area contributed by atoms with Gasteiger partial charge in [-0.3, -0.25) is 0 Å². The number of benzene rings is 1. The fraction of sp³-hybridized carbons (Fsp3) is 0.286. The van der Waals surface area contributed by atoms with Crippen molar-refractivity contribution in [2.45, 2.75) is 19.6 Å². The number of hydrogen-bond donors (Lipinski definition) is 0. The molecule has 2 nitrogen and oxygen atoms in total. The van der Waals surface area contributed by atoms with E-state index in [9.17, 15) is 8.78 Å². The molecule has 0 amide bonds. The number of fused-ring (bicyclic) bond motifs is 1. The van der Waals surface area contributed by atoms with Gasteiger partial charge in [0.25, 0.3) is 0 Å². The highest BCUT2D eigenvalue weighted by molar-refractivity contribution is 7.10. The third-order valence-corrected chi connectivity index (χ3v) is 4.19. The molecule has 0 spiro atoms. The van der Waals surface area contributed by atoms with Gasteiger partial charge in [0, 0.05) is 11.4 Å². The lowest BCUT2D eigenvalue weighted by Gasteiger charge is -2.30. The molecule has 0 bridgehead atoms. The van der Waals surface area contributed by atoms with Gasteiger partial charge in [-0.25, -0.2) is 0 Å². The van der Waals surface area contributed by atoms with E-state index in [-0.39, 0.29) is 5.75 Å². The van der Waals surface area contributed by atoms with E-state index in [4.69, 9.17) is 0 Å². The standard InChI is InChI=1S/C14H13F2NOS/c15-14(16)18-12-4-2-1-3-11(12)17-7-5-10-6-8-19-13(10)9-17/h1-4,6,8,14H,5,7,9H2. The van der Waals surface area contributed by atoms with E-state index in [1.54, 1.807) is 23.5 Å². The first-order chi connectivity index (χ1) is 9.24. The number of para-hydroxylation sites is 2. The quantitative estimate of drug-likeness (QED) is 0.845. The Morgan fingerprint density at radius 1 is 1.21 bits per heavy atom. The van der Waals surface area contributed by atoms with E-state index < -0.39 is 6.61 Å². The second-order valence-electron chi connectivity index (χ2n) is 4.39. The maximum atomic E-state index is 12.4. The Morgan fingerprint density at radius 2 is 2.05 bits per heavy atom. The molecule has 0 aliphatic carbocycles. The van der Waals surface area contributed by atoms with E-state index in [0.717, 1.165) is 25.2 Å². The summed E-state index contributed by atoms with van der Waals surface area (Å²) in [7, 11) is 0. The van der Waals surface area contributed by atoms with Crippen LogP contribution in [0.5, 0.6) is 5.75 Å². The molecule has 1 aliphatic rings. The Morgan fingerprint density at radius 3 is 2.89 bits per heavy atom. The number of halogens is 2. The number of alkyl halides is 2. The van der Waals surface area contributed by atoms with Crippen LogP contribution in [0.1, 0.15) is 10.4 Å². The maximum Gasteiger partial charge on any atom is 0.387 e. The summed E-state index contributed by atoms with van der Waals surface area (Å²) in [5.74, 6) is 0.248. The van der Waals surface area contributed by atoms with Crippen LogP contribution < -0.4 is 9.64 Å². The Labute approximate surface area is 114 Å². The van der Waals surface area contributed by atoms with Crippen molar-refractivity contribution in [3.05, 3.63) is 46.2 Å². The summed E-state index contributed by atoms with van der Waals surface area (Å²) >= 11 is 1.71. The topological polar surface area (TPSA) is 12.5 Å². The molecule has 2 aromatic rings. The average Bonchev–Trinajstić information content (AvgIpc) is 2.86. The SMILES string of the molecule is FC(F)Oc1ccccc1N1CCc2ccsc2C1. The summed E-state index contributed by atoms with van der Waals surface area (Å²) in [6.07, 6.45) is 0.946. The summed E-state index contributed by atoms with van der Waals surface area (Å²) in [5.41, 5.74) is 2.11. The highest BCUT2D eigenvalue weighted by Crippen LogP contribution is 2.34. The van der Waals surface area contributed by atoms with E-state index in [1.807, 2.05) is 12.1 Å². The molecule has 5 heteroatoms. The fourth-order valence-corrected chi connectivity index (χ4v) is 3.30. The lowest BCUT2D eigenvalue weighted by molar-refractivity contribution is -0.0495. The summed E-state index contributed by atoms with van der Waals surface area (Å²) in [6.45, 7) is -1.20. The first-order valence-electron chi connectivity index (χ1n) is 6.08. The average molecular weight is 281 g/mol. The van der Waals surface area contributed by atoms with Gasteiger partial charge in [-0.1, -0.05) is 12.1 Å². The summed E-state index contributed by atoms with van der Waals surface area (Å²) < 4.78 is 29.4. The van der Waals surface area contributed by atoms with Crippen molar-refractivity contribution in [1.82, 2.24) is 0 Å². The Bertz CT molecular complexity index is 570. The molecule has 100 valence electrons. The van der Waals surface area contributed by atoms with Gasteiger partial charge in [-0.15, -0.1) is 11.3 Å². The molecule has 0 radical (unpaired) electrons. The minimum absolute atomic E-state index is 0.248. The minimum Gasteiger partial charge on any atom is -0.433 e. The van der Waals surface area contributed by atoms with E-state index >= 15 is 0 Å². The zero-order valence-electron chi connectivity index (χ0n) is 10.2. The molecule has 19 heavy (non-hydrogen) atoms. The molecule has 1 aliphatic heterocycles. The number of ether oxygens (including phenoxy) is 1. The van der Waals surface area contributed by atoms with Gasteiger partial charge >= 0.3 is 6.61 Å². The molecule has 1 aromatic carbocycles. The summed E-state index contributed by atoms with van der Waals surface area (Å²) in [4.78, 5) is 3.40. The largest absolute Gasteiger partial charge is 0.433 e. The van der Waals surface area contributed by atoms with Crippen LogP contribution in [-0.2, 0) is 13.0 Å². The van der Waals surface area contributed by atoms with Gasteiger partial charge in [-0.2, -0.15) is 8.78 Å². The molecule has 0 atom stereocenters. The van der Waals surface area contributed by atoms with Crippen LogP contribution in [0.2, 0.25) is 0 Å². The van der Waals surface area contributed by atoms with Gasteiger partial charge in [0.1, 0.15) is 5.75 Å². The van der Waals surface area contributed by atoms with Crippen molar-refractivity contribution in [3.63, 3.8) is 0 Å². The Hall–Kier alpha value is -1.62. The zero-order chi connectivity index (χ0) is 13.2. The van der Waals surface area contributed by atoms with Gasteiger partial charge < -0.3 is 9.64 Å². The molecule has 0 N–H and O–H groups in total. The number of anilines is 1. The van der Waals surface area contributed by atoms with Crippen LogP contribution >= 0.6 is 11.3 Å². The van der Waals surface area contributed by atoms with Crippen molar-refractivity contribution in [3.8, 4) is 5.75 Å². The summed E-state index contributed by atoms with van der Waals surface area (Å²) in [5, 5.41) is 2.08. The van der Waals surface area contributed by atoms with E-state index in [0.29, 0.717) is 0 Å². The van der Waals surface area contributed by atoms with Crippen molar-refractivity contribution >= 4 is 17.0 Å². The van der Waals surface area contributed by atoms with E-state index in [2.05, 4.69) is 21.1 Å². The first kappa shape index (κ1) is 12.4. The molecule has 0 saturated carbocycles. The number of rotatable bonds is 3. The third-order valence-electron chi connectivity index (χ3n) is 3.25. The van der Waals surface area contributed by atoms with Crippen LogP contribution in [0.15, 0.2) is 35.7 Å². The minimum atomic E-state index is -2.79. The van der Waals surface area contributed by atoms with Crippen molar-refractivity contribution in [2.75, 3.05) is 11.4 Å². The second-order valence-corrected chi connectivity index (χ2v) is 5.39. The molecule has 0 fully saturated rings. The van der Waals surface area contributed by atoms with Crippen LogP contribution in [0.25, 0.3) is 0 Å². The molecule has 0 unspecified atom stereocenters. The molecule has 3 rings (SSSR count). The van der Waals surface area contributed by atoms with Crippen molar-refractivity contribution < 1.29 is 13.5 Å². The van der Waals surface area contributed by atoms with Gasteiger partial charge in [0.2, 0.25) is 0 Å². The highest BCUT2D eigenvalue weighted by Gasteiger charge is 2.20. The van der Waals surface area contributed by atoms with Crippen LogP contribution in [0.3, 0.4) is 0 Å². The smallest absolute Gasteiger partial charge is 0.387 e. The Balaban J connectivity index is 1.87. The molecule has 1 aromatic heterocycles.